The molecule has 64 heavy (non-hydrogen) atoms. The third-order valence-electron chi connectivity index (χ3n) is 11.9. The number of aromatic nitrogens is 6. The number of nitrogens with zero attached hydrogens (tertiary/aromatic N) is 6. The van der Waals surface area contributed by atoms with Crippen LogP contribution in [0.25, 0.3) is 38.7 Å². The van der Waals surface area contributed by atoms with E-state index in [0.717, 1.165) is 70.0 Å². The molecule has 0 radical (unpaired) electrons. The molecule has 1 unspecified atom stereocenters. The smallest absolute Gasteiger partial charge is 0.407 e. The number of amides is 4. The molecule has 8 rings (SSSR count). The van der Waals surface area contributed by atoms with E-state index in [-0.39, 0.29) is 35.7 Å². The molecule has 16 nitrogen and oxygen atoms in total. The van der Waals surface area contributed by atoms with Gasteiger partial charge in [0.1, 0.15) is 29.4 Å². The molecular formula is C47H52N10O6S. The number of imidazole rings is 3. The number of H-pyrrole nitrogens is 2. The number of thiazole rings is 1. The van der Waals surface area contributed by atoms with Crippen molar-refractivity contribution < 1.29 is 28.7 Å². The zero-order chi connectivity index (χ0) is 45.1. The standard InChI is InChI=1S/C47H52N10O6S/c1-27(2)37(53-46(60)62-5)43(58)55-21-7-9-35(55)41-48-25-33(50-41)20-13-29-11-14-32(15-12-29)40-39(52-45-57(40)23-24-64-45)31-18-16-30(17-19-31)34-26-49-42(51-34)36-10-8-22-56(36)44(59)38(28(3)4)54-47(61)63-6/h11-12,14-19,23-28,35-38H,7-10,21-22H2,1-6H3,(H,48,50)(H,49,51)(H,53,60)(H,54,61)/t35?,36-,37-,38-/m0/s1. The second kappa shape index (κ2) is 18.8. The van der Waals surface area contributed by atoms with Crippen LogP contribution in [0, 0.1) is 23.7 Å². The van der Waals surface area contributed by atoms with E-state index >= 15 is 0 Å². The van der Waals surface area contributed by atoms with Crippen molar-refractivity contribution in [2.24, 2.45) is 11.8 Å². The molecule has 2 fully saturated rings. The summed E-state index contributed by atoms with van der Waals surface area (Å²) in [7, 11) is 2.57. The molecule has 4 atom stereocenters. The number of alkyl carbamates (subject to hydrolysis) is 2. The summed E-state index contributed by atoms with van der Waals surface area (Å²) in [6.45, 7) is 8.74. The highest BCUT2D eigenvalue weighted by atomic mass is 32.1. The number of hydrogen-bond acceptors (Lipinski definition) is 10. The predicted octanol–water partition coefficient (Wildman–Crippen LogP) is 7.33. The van der Waals surface area contributed by atoms with Crippen molar-refractivity contribution in [3.8, 4) is 45.6 Å². The number of nitrogens with one attached hydrogen (secondary N) is 4. The molecule has 0 saturated carbocycles. The van der Waals surface area contributed by atoms with Gasteiger partial charge in [-0.2, -0.15) is 0 Å². The number of carbonyl (C=O) groups excluding carboxylic acids is 4. The first-order valence-corrected chi connectivity index (χ1v) is 22.4. The lowest BCUT2D eigenvalue weighted by molar-refractivity contribution is -0.136. The van der Waals surface area contributed by atoms with E-state index in [2.05, 4.69) is 66.1 Å². The monoisotopic (exact) mass is 884 g/mol. The first kappa shape index (κ1) is 43.7. The molecule has 2 aliphatic heterocycles. The minimum Gasteiger partial charge on any atom is -0.453 e. The fraction of sp³-hybridized carbons (Fsp3) is 0.383. The maximum absolute atomic E-state index is 13.6. The van der Waals surface area contributed by atoms with Gasteiger partial charge in [-0.25, -0.2) is 24.5 Å². The molecule has 6 aromatic rings. The molecule has 0 aliphatic carbocycles. The number of fused-ring (bicyclic) bond motifs is 1. The molecule has 4 amide bonds. The molecule has 0 bridgehead atoms. The van der Waals surface area contributed by atoms with E-state index in [1.807, 2.05) is 63.5 Å². The van der Waals surface area contributed by atoms with Crippen molar-refractivity contribution in [1.82, 2.24) is 49.8 Å². The topological polar surface area (TPSA) is 192 Å². The Kier molecular flexibility index (Phi) is 12.8. The number of aromatic amines is 2. The average Bonchev–Trinajstić information content (AvgIpc) is 4.16. The first-order chi connectivity index (χ1) is 30.9. The Morgan fingerprint density at radius 1 is 0.734 bits per heavy atom. The van der Waals surface area contributed by atoms with Crippen LogP contribution in [-0.2, 0) is 19.1 Å². The van der Waals surface area contributed by atoms with Gasteiger partial charge in [0, 0.05) is 41.4 Å². The van der Waals surface area contributed by atoms with Crippen LogP contribution < -0.4 is 10.6 Å². The van der Waals surface area contributed by atoms with Crippen LogP contribution in [0.4, 0.5) is 9.59 Å². The fourth-order valence-electron chi connectivity index (χ4n) is 8.53. The Bertz CT molecular complexity index is 2700. The molecule has 2 saturated heterocycles. The van der Waals surface area contributed by atoms with Crippen LogP contribution in [0.3, 0.4) is 0 Å². The molecule has 4 aromatic heterocycles. The van der Waals surface area contributed by atoms with Crippen LogP contribution in [-0.4, -0.2) is 103 Å². The lowest BCUT2D eigenvalue weighted by Gasteiger charge is -2.30. The van der Waals surface area contributed by atoms with Crippen molar-refractivity contribution in [3.63, 3.8) is 0 Å². The van der Waals surface area contributed by atoms with Crippen molar-refractivity contribution in [2.75, 3.05) is 27.3 Å². The highest BCUT2D eigenvalue weighted by molar-refractivity contribution is 7.15. The molecule has 17 heteroatoms. The molecule has 332 valence electrons. The number of ether oxygens (including phenoxy) is 2. The van der Waals surface area contributed by atoms with Crippen LogP contribution in [0.5, 0.6) is 0 Å². The van der Waals surface area contributed by atoms with E-state index in [4.69, 9.17) is 19.4 Å². The lowest BCUT2D eigenvalue weighted by atomic mass is 10.0. The van der Waals surface area contributed by atoms with Crippen LogP contribution in [0.15, 0.2) is 72.5 Å². The lowest BCUT2D eigenvalue weighted by Crippen LogP contribution is -2.51. The molecule has 2 aliphatic rings. The van der Waals surface area contributed by atoms with Gasteiger partial charge in [-0.15, -0.1) is 11.3 Å². The van der Waals surface area contributed by atoms with Gasteiger partial charge in [-0.1, -0.05) is 70.0 Å². The van der Waals surface area contributed by atoms with Gasteiger partial charge in [0.2, 0.25) is 11.8 Å². The van der Waals surface area contributed by atoms with Gasteiger partial charge >= 0.3 is 12.2 Å². The van der Waals surface area contributed by atoms with E-state index in [1.165, 1.54) is 14.2 Å². The van der Waals surface area contributed by atoms with Crippen molar-refractivity contribution in [2.45, 2.75) is 77.5 Å². The summed E-state index contributed by atoms with van der Waals surface area (Å²) < 4.78 is 11.6. The molecule has 4 N–H and O–H groups in total. The third-order valence-corrected chi connectivity index (χ3v) is 12.7. The van der Waals surface area contributed by atoms with E-state index in [1.54, 1.807) is 33.5 Å². The number of methoxy groups -OCH3 is 2. The van der Waals surface area contributed by atoms with Gasteiger partial charge in [0.25, 0.3) is 0 Å². The van der Waals surface area contributed by atoms with E-state index in [9.17, 15) is 19.2 Å². The normalized spacial score (nSPS) is 17.1. The summed E-state index contributed by atoms with van der Waals surface area (Å²) in [6.07, 6.45) is 7.43. The molecule has 0 spiro atoms. The number of likely N-dealkylation sites (tertiary alicyclic amines) is 2. The van der Waals surface area contributed by atoms with Gasteiger partial charge < -0.3 is 39.9 Å². The van der Waals surface area contributed by atoms with Crippen LogP contribution >= 0.6 is 11.3 Å². The summed E-state index contributed by atoms with van der Waals surface area (Å²) in [5, 5.41) is 7.41. The number of rotatable bonds is 11. The fourth-order valence-corrected chi connectivity index (χ4v) is 9.24. The average molecular weight is 885 g/mol. The van der Waals surface area contributed by atoms with Crippen molar-refractivity contribution >= 4 is 40.3 Å². The Hall–Kier alpha value is -6.93. The van der Waals surface area contributed by atoms with Gasteiger partial charge in [-0.05, 0) is 61.1 Å². The zero-order valence-corrected chi connectivity index (χ0v) is 37.5. The maximum atomic E-state index is 13.6. The Balaban J connectivity index is 0.963. The summed E-state index contributed by atoms with van der Waals surface area (Å²) in [4.78, 5) is 76.8. The number of hydrogen-bond donors (Lipinski definition) is 4. The first-order valence-electron chi connectivity index (χ1n) is 21.5. The summed E-state index contributed by atoms with van der Waals surface area (Å²) in [5.41, 5.74) is 7.02. The predicted molar refractivity (Wildman–Crippen MR) is 242 cm³/mol. The quantitative estimate of drug-likeness (QED) is 0.0965. The summed E-state index contributed by atoms with van der Waals surface area (Å²) in [6, 6.07) is 14.4. The highest BCUT2D eigenvalue weighted by Crippen LogP contribution is 2.37. The van der Waals surface area contributed by atoms with Crippen LogP contribution in [0.1, 0.15) is 88.4 Å². The SMILES string of the molecule is COC(=O)N[C@H](C(=O)N1CCCC1c1ncc(C#Cc2ccc(-c3c(-c4ccc(-c5cnc([C@@H]6CCCN6C(=O)[C@@H](NC(=O)OC)C(C)C)[nH]5)cc4)nc4sccn34)cc2)[nH]1)C(C)C. The highest BCUT2D eigenvalue weighted by Gasteiger charge is 2.39. The minimum absolute atomic E-state index is 0.118. The van der Waals surface area contributed by atoms with Gasteiger partial charge in [-0.3, -0.25) is 14.0 Å². The summed E-state index contributed by atoms with van der Waals surface area (Å²) >= 11 is 1.57. The van der Waals surface area contributed by atoms with E-state index < -0.39 is 24.3 Å². The van der Waals surface area contributed by atoms with Gasteiger partial charge in [0.05, 0.1) is 55.8 Å². The summed E-state index contributed by atoms with van der Waals surface area (Å²) in [5.74, 6) is 7.27. The Morgan fingerprint density at radius 3 is 1.86 bits per heavy atom. The van der Waals surface area contributed by atoms with E-state index in [0.29, 0.717) is 30.4 Å². The zero-order valence-electron chi connectivity index (χ0n) is 36.7. The largest absolute Gasteiger partial charge is 0.453 e. The van der Waals surface area contributed by atoms with Crippen molar-refractivity contribution in [3.05, 3.63) is 95.4 Å². The Labute approximate surface area is 375 Å². The number of carbonyl (C=O) groups is 4. The molecular weight excluding hydrogens is 833 g/mol. The second-order valence-electron chi connectivity index (χ2n) is 16.7. The molecule has 6 heterocycles. The number of benzene rings is 2. The second-order valence-corrected chi connectivity index (χ2v) is 17.6. The maximum Gasteiger partial charge on any atom is 0.407 e. The minimum atomic E-state index is -0.707. The van der Waals surface area contributed by atoms with Crippen LogP contribution in [0.2, 0.25) is 0 Å². The Morgan fingerprint density at radius 2 is 1.28 bits per heavy atom. The van der Waals surface area contributed by atoms with Gasteiger partial charge in [0.15, 0.2) is 4.96 Å². The molecule has 2 aromatic carbocycles. The third kappa shape index (κ3) is 8.96. The van der Waals surface area contributed by atoms with Crippen molar-refractivity contribution in [1.29, 1.82) is 0 Å².